The molecule has 4 rings (SSSR count). The van der Waals surface area contributed by atoms with Crippen molar-refractivity contribution in [2.75, 3.05) is 18.6 Å². The fourth-order valence-electron chi connectivity index (χ4n) is 3.79. The average Bonchev–Trinajstić information content (AvgIpc) is 2.75. The molecule has 0 aliphatic carbocycles. The number of rotatable bonds is 1. The minimum absolute atomic E-state index is 0.217. The molecule has 0 spiro atoms. The molecule has 0 radical (unpaired) electrons. The number of para-hydroxylation sites is 1. The number of hydrogen-bond acceptors (Lipinski definition) is 4. The first-order valence-corrected chi connectivity index (χ1v) is 8.10. The molecule has 0 N–H and O–H groups in total. The van der Waals surface area contributed by atoms with Gasteiger partial charge in [0.05, 0.1) is 24.8 Å². The highest BCUT2D eigenvalue weighted by molar-refractivity contribution is 5.76. The lowest BCUT2D eigenvalue weighted by Crippen LogP contribution is -2.42. The van der Waals surface area contributed by atoms with Gasteiger partial charge in [0.15, 0.2) is 5.75 Å². The molecule has 2 heterocycles. The molecule has 0 saturated carbocycles. The van der Waals surface area contributed by atoms with Crippen LogP contribution < -0.4 is 9.64 Å². The van der Waals surface area contributed by atoms with Gasteiger partial charge in [0.2, 0.25) is 0 Å². The summed E-state index contributed by atoms with van der Waals surface area (Å²) in [7, 11) is 1.41. The Bertz CT molecular complexity index is 792. The number of halogens is 1. The third-order valence-electron chi connectivity index (χ3n) is 4.82. The van der Waals surface area contributed by atoms with Crippen LogP contribution in [0.3, 0.4) is 0 Å². The summed E-state index contributed by atoms with van der Waals surface area (Å²) in [5.74, 6) is 0.454. The number of anilines is 1. The van der Waals surface area contributed by atoms with Gasteiger partial charge < -0.3 is 14.4 Å². The van der Waals surface area contributed by atoms with Crippen LogP contribution in [0.1, 0.15) is 24.4 Å². The lowest BCUT2D eigenvalue weighted by Gasteiger charge is -2.40. The smallest absolute Gasteiger partial charge is 0.311 e. The van der Waals surface area contributed by atoms with Gasteiger partial charge in [0.1, 0.15) is 11.6 Å². The third-order valence-corrected chi connectivity index (χ3v) is 4.82. The van der Waals surface area contributed by atoms with Gasteiger partial charge in [-0.2, -0.15) is 0 Å². The van der Waals surface area contributed by atoms with Gasteiger partial charge in [-0.05, 0) is 31.0 Å². The number of esters is 1. The Morgan fingerprint density at radius 3 is 2.92 bits per heavy atom. The molecule has 5 heteroatoms. The highest BCUT2D eigenvalue weighted by Crippen LogP contribution is 2.49. The minimum Gasteiger partial charge on any atom is -0.469 e. The molecule has 2 aliphatic heterocycles. The summed E-state index contributed by atoms with van der Waals surface area (Å²) in [6.07, 6.45) is 1.58. The largest absolute Gasteiger partial charge is 0.469 e. The van der Waals surface area contributed by atoms with E-state index in [1.54, 1.807) is 6.07 Å². The Balaban J connectivity index is 1.92. The van der Waals surface area contributed by atoms with Gasteiger partial charge in [-0.15, -0.1) is 0 Å². The molecule has 0 amide bonds. The standard InChI is InChI=1S/C19H18FNO3/c1-23-19(22)14-6-4-10-21-15-11-12(20)8-9-17(15)24-16-7-3-2-5-13(16)18(14)21/h2-3,5,7-9,11,14,18H,4,6,10H2,1H3. The number of hydrogen-bond donors (Lipinski definition) is 0. The van der Waals surface area contributed by atoms with E-state index in [4.69, 9.17) is 9.47 Å². The Morgan fingerprint density at radius 2 is 2.08 bits per heavy atom. The maximum absolute atomic E-state index is 13.9. The number of piperidine rings is 1. The summed E-state index contributed by atoms with van der Waals surface area (Å²) in [6.45, 7) is 0.742. The topological polar surface area (TPSA) is 38.8 Å². The maximum atomic E-state index is 13.9. The van der Waals surface area contributed by atoms with Crippen molar-refractivity contribution in [1.82, 2.24) is 0 Å². The predicted molar refractivity (Wildman–Crippen MR) is 87.7 cm³/mol. The van der Waals surface area contributed by atoms with Crippen LogP contribution in [0.4, 0.5) is 10.1 Å². The third kappa shape index (κ3) is 2.31. The van der Waals surface area contributed by atoms with E-state index in [2.05, 4.69) is 4.90 Å². The zero-order valence-electron chi connectivity index (χ0n) is 13.4. The van der Waals surface area contributed by atoms with Crippen molar-refractivity contribution in [2.45, 2.75) is 18.9 Å². The molecule has 1 fully saturated rings. The molecule has 2 aromatic carbocycles. The maximum Gasteiger partial charge on any atom is 0.311 e. The Kier molecular flexibility index (Phi) is 3.63. The molecule has 124 valence electrons. The number of carbonyl (C=O) groups excluding carboxylic acids is 1. The molecule has 2 aliphatic rings. The summed E-state index contributed by atoms with van der Waals surface area (Å²) in [4.78, 5) is 14.4. The number of methoxy groups -OCH3 is 1. The monoisotopic (exact) mass is 327 g/mol. The van der Waals surface area contributed by atoms with Crippen LogP contribution in [0.25, 0.3) is 0 Å². The number of nitrogens with zero attached hydrogens (tertiary/aromatic N) is 1. The predicted octanol–water partition coefficient (Wildman–Crippen LogP) is 4.06. The van der Waals surface area contributed by atoms with E-state index in [-0.39, 0.29) is 23.7 Å². The van der Waals surface area contributed by atoms with E-state index >= 15 is 0 Å². The minimum atomic E-state index is -0.317. The molecule has 1 saturated heterocycles. The molecule has 24 heavy (non-hydrogen) atoms. The van der Waals surface area contributed by atoms with Crippen molar-refractivity contribution in [3.63, 3.8) is 0 Å². The van der Waals surface area contributed by atoms with E-state index < -0.39 is 0 Å². The lowest BCUT2D eigenvalue weighted by molar-refractivity contribution is -0.147. The summed E-state index contributed by atoms with van der Waals surface area (Å²) >= 11 is 0. The van der Waals surface area contributed by atoms with Crippen molar-refractivity contribution < 1.29 is 18.7 Å². The molecule has 0 aromatic heterocycles. The quantitative estimate of drug-likeness (QED) is 0.740. The summed E-state index contributed by atoms with van der Waals surface area (Å²) in [6, 6.07) is 12.0. The first-order valence-electron chi connectivity index (χ1n) is 8.10. The number of ether oxygens (including phenoxy) is 2. The second-order valence-electron chi connectivity index (χ2n) is 6.16. The summed E-state index contributed by atoms with van der Waals surface area (Å²) < 4.78 is 24.9. The summed E-state index contributed by atoms with van der Waals surface area (Å²) in [5.41, 5.74) is 1.62. The average molecular weight is 327 g/mol. The first-order chi connectivity index (χ1) is 11.7. The van der Waals surface area contributed by atoms with Crippen molar-refractivity contribution >= 4 is 11.7 Å². The molecule has 4 nitrogen and oxygen atoms in total. The molecular formula is C19H18FNO3. The van der Waals surface area contributed by atoms with E-state index in [1.165, 1.54) is 19.2 Å². The van der Waals surface area contributed by atoms with Crippen LogP contribution in [0.15, 0.2) is 42.5 Å². The molecular weight excluding hydrogens is 309 g/mol. The van der Waals surface area contributed by atoms with Gasteiger partial charge >= 0.3 is 5.97 Å². The van der Waals surface area contributed by atoms with Crippen LogP contribution in [-0.4, -0.2) is 19.6 Å². The Morgan fingerprint density at radius 1 is 1.25 bits per heavy atom. The fraction of sp³-hybridized carbons (Fsp3) is 0.316. The van der Waals surface area contributed by atoms with Crippen LogP contribution in [0, 0.1) is 11.7 Å². The van der Waals surface area contributed by atoms with Gasteiger partial charge in [-0.25, -0.2) is 4.39 Å². The second-order valence-corrected chi connectivity index (χ2v) is 6.16. The second kappa shape index (κ2) is 5.82. The zero-order valence-corrected chi connectivity index (χ0v) is 13.4. The molecule has 2 aromatic rings. The van der Waals surface area contributed by atoms with Crippen molar-refractivity contribution in [3.05, 3.63) is 53.8 Å². The Labute approximate surface area is 139 Å². The molecule has 0 bridgehead atoms. The van der Waals surface area contributed by atoms with Crippen LogP contribution in [0.2, 0.25) is 0 Å². The molecule has 2 atom stereocenters. The van der Waals surface area contributed by atoms with Crippen LogP contribution in [0.5, 0.6) is 11.5 Å². The number of benzene rings is 2. The normalized spacial score (nSPS) is 21.7. The zero-order chi connectivity index (χ0) is 16.7. The van der Waals surface area contributed by atoms with E-state index in [1.807, 2.05) is 24.3 Å². The number of fused-ring (bicyclic) bond motifs is 5. The van der Waals surface area contributed by atoms with Crippen LogP contribution in [-0.2, 0) is 9.53 Å². The SMILES string of the molecule is COC(=O)C1CCCN2c3cc(F)ccc3Oc3ccccc3C12. The van der Waals surface area contributed by atoms with E-state index in [0.717, 1.165) is 24.9 Å². The highest BCUT2D eigenvalue weighted by Gasteiger charge is 2.41. The lowest BCUT2D eigenvalue weighted by atomic mass is 9.84. The highest BCUT2D eigenvalue weighted by atomic mass is 19.1. The van der Waals surface area contributed by atoms with Gasteiger partial charge in [0, 0.05) is 18.2 Å². The van der Waals surface area contributed by atoms with Crippen molar-refractivity contribution in [1.29, 1.82) is 0 Å². The van der Waals surface area contributed by atoms with E-state index in [9.17, 15) is 9.18 Å². The van der Waals surface area contributed by atoms with Gasteiger partial charge in [-0.3, -0.25) is 4.79 Å². The Hall–Kier alpha value is -2.56. The van der Waals surface area contributed by atoms with Crippen molar-refractivity contribution in [3.8, 4) is 11.5 Å². The number of carbonyl (C=O) groups is 1. The first kappa shape index (κ1) is 15.0. The van der Waals surface area contributed by atoms with Gasteiger partial charge in [0.25, 0.3) is 0 Å². The van der Waals surface area contributed by atoms with Crippen LogP contribution >= 0.6 is 0 Å². The van der Waals surface area contributed by atoms with Crippen molar-refractivity contribution in [2.24, 2.45) is 5.92 Å². The fourth-order valence-corrected chi connectivity index (χ4v) is 3.79. The molecule has 2 unspecified atom stereocenters. The summed E-state index contributed by atoms with van der Waals surface area (Å²) in [5, 5.41) is 0. The van der Waals surface area contributed by atoms with Gasteiger partial charge in [-0.1, -0.05) is 18.2 Å². The van der Waals surface area contributed by atoms with E-state index in [0.29, 0.717) is 17.2 Å².